The average molecular weight is 288 g/mol. The normalized spacial score (nSPS) is 10.2. The van der Waals surface area contributed by atoms with Gasteiger partial charge >= 0.3 is 12.0 Å². The number of anilines is 1. The van der Waals surface area contributed by atoms with Crippen LogP contribution in [0.25, 0.3) is 0 Å². The number of carbonyl (C=O) groups excluding carboxylic acids is 1. The maximum atomic E-state index is 12.0. The van der Waals surface area contributed by atoms with Crippen LogP contribution in [-0.4, -0.2) is 38.8 Å². The smallest absolute Gasteiger partial charge is 0.335 e. The van der Waals surface area contributed by atoms with E-state index in [9.17, 15) is 9.59 Å². The fraction of sp³-hybridized carbons (Fsp3) is 0.214. The van der Waals surface area contributed by atoms with Crippen molar-refractivity contribution in [1.82, 2.24) is 14.7 Å². The van der Waals surface area contributed by atoms with Gasteiger partial charge in [0.05, 0.1) is 5.56 Å². The number of urea groups is 1. The molecule has 0 aliphatic rings. The van der Waals surface area contributed by atoms with Crippen molar-refractivity contribution < 1.29 is 14.7 Å². The summed E-state index contributed by atoms with van der Waals surface area (Å²) in [7, 11) is 3.42. The zero-order valence-electron chi connectivity index (χ0n) is 11.8. The first-order chi connectivity index (χ1) is 9.95. The lowest BCUT2D eigenvalue weighted by Crippen LogP contribution is -2.31. The Morgan fingerprint density at radius 1 is 1.29 bits per heavy atom. The monoisotopic (exact) mass is 288 g/mol. The Bertz CT molecular complexity index is 648. The van der Waals surface area contributed by atoms with Crippen molar-refractivity contribution in [1.29, 1.82) is 0 Å². The van der Waals surface area contributed by atoms with Gasteiger partial charge in [0.15, 0.2) is 5.82 Å². The molecule has 7 nitrogen and oxygen atoms in total. The zero-order chi connectivity index (χ0) is 15.4. The predicted molar refractivity (Wildman–Crippen MR) is 77.1 cm³/mol. The standard InChI is InChI=1S/C14H16N4O3/c1-17(14(21)15-12-7-8-18(2)16-12)9-10-3-5-11(6-4-10)13(19)20/h3-8H,9H2,1-2H3,(H,19,20)(H,15,16,21). The second-order valence-corrected chi connectivity index (χ2v) is 4.66. The van der Waals surface area contributed by atoms with Crippen LogP contribution < -0.4 is 5.32 Å². The molecule has 0 fully saturated rings. The maximum absolute atomic E-state index is 12.0. The number of nitrogens with zero attached hydrogens (tertiary/aromatic N) is 3. The predicted octanol–water partition coefficient (Wildman–Crippen LogP) is 1.78. The summed E-state index contributed by atoms with van der Waals surface area (Å²) in [6.07, 6.45) is 1.74. The van der Waals surface area contributed by atoms with Crippen molar-refractivity contribution in [2.45, 2.75) is 6.54 Å². The Hall–Kier alpha value is -2.83. The molecule has 0 aliphatic carbocycles. The molecule has 0 unspecified atom stereocenters. The molecule has 1 heterocycles. The van der Waals surface area contributed by atoms with E-state index in [0.717, 1.165) is 5.56 Å². The van der Waals surface area contributed by atoms with E-state index in [1.54, 1.807) is 43.2 Å². The topological polar surface area (TPSA) is 87.5 Å². The van der Waals surface area contributed by atoms with Gasteiger partial charge in [-0.3, -0.25) is 10.00 Å². The van der Waals surface area contributed by atoms with E-state index in [2.05, 4.69) is 10.4 Å². The Morgan fingerprint density at radius 2 is 1.95 bits per heavy atom. The molecule has 0 aliphatic heterocycles. The number of rotatable bonds is 4. The van der Waals surface area contributed by atoms with Crippen LogP contribution in [-0.2, 0) is 13.6 Å². The van der Waals surface area contributed by atoms with Crippen molar-refractivity contribution in [2.24, 2.45) is 7.05 Å². The molecular formula is C14H16N4O3. The van der Waals surface area contributed by atoms with Crippen molar-refractivity contribution in [2.75, 3.05) is 12.4 Å². The summed E-state index contributed by atoms with van der Waals surface area (Å²) in [5.41, 5.74) is 1.07. The van der Waals surface area contributed by atoms with Crippen LogP contribution in [0.5, 0.6) is 0 Å². The van der Waals surface area contributed by atoms with Crippen LogP contribution in [0.4, 0.5) is 10.6 Å². The van der Waals surface area contributed by atoms with Crippen LogP contribution in [0, 0.1) is 0 Å². The summed E-state index contributed by atoms with van der Waals surface area (Å²) in [6, 6.07) is 7.83. The molecule has 1 aromatic heterocycles. The summed E-state index contributed by atoms with van der Waals surface area (Å²) in [6.45, 7) is 0.374. The molecule has 0 spiro atoms. The Balaban J connectivity index is 1.95. The lowest BCUT2D eigenvalue weighted by molar-refractivity contribution is 0.0697. The Morgan fingerprint density at radius 3 is 2.48 bits per heavy atom. The first-order valence-electron chi connectivity index (χ1n) is 6.29. The molecule has 110 valence electrons. The highest BCUT2D eigenvalue weighted by Crippen LogP contribution is 2.08. The number of carboxylic acids is 1. The third-order valence-electron chi connectivity index (χ3n) is 2.92. The number of aryl methyl sites for hydroxylation is 1. The highest BCUT2D eigenvalue weighted by Gasteiger charge is 2.11. The number of aromatic carboxylic acids is 1. The number of amides is 2. The fourth-order valence-electron chi connectivity index (χ4n) is 1.79. The molecule has 0 radical (unpaired) electrons. The van der Waals surface area contributed by atoms with Gasteiger partial charge in [-0.2, -0.15) is 5.10 Å². The molecule has 1 aromatic carbocycles. The molecule has 2 rings (SSSR count). The number of aromatic nitrogens is 2. The number of hydrogen-bond acceptors (Lipinski definition) is 3. The molecule has 0 bridgehead atoms. The van der Waals surface area contributed by atoms with Gasteiger partial charge in [0.25, 0.3) is 0 Å². The lowest BCUT2D eigenvalue weighted by atomic mass is 10.1. The van der Waals surface area contributed by atoms with Crippen LogP contribution in [0.1, 0.15) is 15.9 Å². The lowest BCUT2D eigenvalue weighted by Gasteiger charge is -2.17. The molecule has 2 amide bonds. The van der Waals surface area contributed by atoms with E-state index in [-0.39, 0.29) is 11.6 Å². The molecule has 7 heteroatoms. The summed E-state index contributed by atoms with van der Waals surface area (Å²) < 4.78 is 1.60. The minimum atomic E-state index is -0.970. The highest BCUT2D eigenvalue weighted by molar-refractivity contribution is 5.88. The van der Waals surface area contributed by atoms with Gasteiger partial charge in [-0.15, -0.1) is 0 Å². The largest absolute Gasteiger partial charge is 0.478 e. The average Bonchev–Trinajstić information content (AvgIpc) is 2.84. The number of benzene rings is 1. The van der Waals surface area contributed by atoms with Crippen molar-refractivity contribution in [3.05, 3.63) is 47.7 Å². The van der Waals surface area contributed by atoms with E-state index in [1.807, 2.05) is 0 Å². The van der Waals surface area contributed by atoms with Crippen LogP contribution in [0.15, 0.2) is 36.5 Å². The van der Waals surface area contributed by atoms with Gasteiger partial charge in [0.1, 0.15) is 0 Å². The SMILES string of the molecule is CN(Cc1ccc(C(=O)O)cc1)C(=O)Nc1ccn(C)n1. The Labute approximate surface area is 121 Å². The molecular weight excluding hydrogens is 272 g/mol. The van der Waals surface area contributed by atoms with Crippen molar-refractivity contribution >= 4 is 17.8 Å². The number of hydrogen-bond donors (Lipinski definition) is 2. The van der Waals surface area contributed by atoms with Crippen molar-refractivity contribution in [3.63, 3.8) is 0 Å². The van der Waals surface area contributed by atoms with E-state index in [1.165, 1.54) is 17.0 Å². The Kier molecular flexibility index (Phi) is 4.22. The molecule has 0 atom stereocenters. The van der Waals surface area contributed by atoms with Gasteiger partial charge in [-0.1, -0.05) is 12.1 Å². The van der Waals surface area contributed by atoms with E-state index < -0.39 is 5.97 Å². The summed E-state index contributed by atoms with van der Waals surface area (Å²) in [5.74, 6) is -0.488. The maximum Gasteiger partial charge on any atom is 0.335 e. The fourth-order valence-corrected chi connectivity index (χ4v) is 1.79. The highest BCUT2D eigenvalue weighted by atomic mass is 16.4. The molecule has 0 saturated heterocycles. The van der Waals surface area contributed by atoms with Gasteiger partial charge < -0.3 is 10.0 Å². The minimum absolute atomic E-state index is 0.222. The number of carboxylic acid groups (broad SMARTS) is 1. The summed E-state index contributed by atoms with van der Waals surface area (Å²) in [5, 5.41) is 15.6. The molecule has 2 aromatic rings. The second-order valence-electron chi connectivity index (χ2n) is 4.66. The number of carbonyl (C=O) groups is 2. The van der Waals surface area contributed by atoms with Gasteiger partial charge in [-0.25, -0.2) is 9.59 Å². The van der Waals surface area contributed by atoms with E-state index in [4.69, 9.17) is 5.11 Å². The first-order valence-corrected chi connectivity index (χ1v) is 6.29. The van der Waals surface area contributed by atoms with Gasteiger partial charge in [0.2, 0.25) is 0 Å². The van der Waals surface area contributed by atoms with Crippen LogP contribution in [0.2, 0.25) is 0 Å². The quantitative estimate of drug-likeness (QED) is 0.897. The van der Waals surface area contributed by atoms with Gasteiger partial charge in [-0.05, 0) is 17.7 Å². The third-order valence-corrected chi connectivity index (χ3v) is 2.92. The summed E-state index contributed by atoms with van der Waals surface area (Å²) in [4.78, 5) is 24.2. The van der Waals surface area contributed by atoms with Crippen LogP contribution in [0.3, 0.4) is 0 Å². The minimum Gasteiger partial charge on any atom is -0.478 e. The molecule has 0 saturated carbocycles. The summed E-state index contributed by atoms with van der Waals surface area (Å²) >= 11 is 0. The zero-order valence-corrected chi connectivity index (χ0v) is 11.8. The second kappa shape index (κ2) is 6.08. The van der Waals surface area contributed by atoms with E-state index in [0.29, 0.717) is 12.4 Å². The van der Waals surface area contributed by atoms with Crippen LogP contribution >= 0.6 is 0 Å². The molecule has 2 N–H and O–H groups in total. The van der Waals surface area contributed by atoms with Gasteiger partial charge in [0, 0.05) is 32.9 Å². The van der Waals surface area contributed by atoms with Crippen molar-refractivity contribution in [3.8, 4) is 0 Å². The van der Waals surface area contributed by atoms with E-state index >= 15 is 0 Å². The molecule has 21 heavy (non-hydrogen) atoms. The third kappa shape index (κ3) is 3.82. The first kappa shape index (κ1) is 14.6. The number of nitrogens with one attached hydrogen (secondary N) is 1.